The number of carboxylic acids is 1. The van der Waals surface area contributed by atoms with Gasteiger partial charge in [0.1, 0.15) is 5.65 Å². The van der Waals surface area contributed by atoms with Gasteiger partial charge in [0.05, 0.1) is 0 Å². The molecular formula is C12H9N3O2. The Labute approximate surface area is 96.4 Å². The number of fused-ring (bicyclic) bond motifs is 1. The van der Waals surface area contributed by atoms with E-state index in [0.29, 0.717) is 5.65 Å². The number of nitrogens with one attached hydrogen (secondary N) is 1. The zero-order valence-corrected chi connectivity index (χ0v) is 8.79. The lowest BCUT2D eigenvalue weighted by Crippen LogP contribution is -1.94. The van der Waals surface area contributed by atoms with Crippen molar-refractivity contribution in [3.8, 4) is 11.1 Å². The van der Waals surface area contributed by atoms with Gasteiger partial charge < -0.3 is 14.5 Å². The molecule has 0 aliphatic carbocycles. The van der Waals surface area contributed by atoms with Crippen LogP contribution in [0.25, 0.3) is 16.8 Å². The molecule has 5 heteroatoms. The third-order valence-electron chi connectivity index (χ3n) is 2.60. The molecule has 17 heavy (non-hydrogen) atoms. The average molecular weight is 227 g/mol. The first kappa shape index (κ1) is 9.65. The molecule has 0 aliphatic rings. The van der Waals surface area contributed by atoms with Crippen LogP contribution in [-0.2, 0) is 0 Å². The first-order valence-electron chi connectivity index (χ1n) is 5.09. The van der Waals surface area contributed by atoms with Crippen molar-refractivity contribution >= 4 is 11.6 Å². The lowest BCUT2D eigenvalue weighted by molar-refractivity contribution is 0.0691. The largest absolute Gasteiger partial charge is 0.476 e. The summed E-state index contributed by atoms with van der Waals surface area (Å²) in [4.78, 5) is 17.8. The second-order valence-corrected chi connectivity index (χ2v) is 3.71. The minimum absolute atomic E-state index is 0.0521. The zero-order valence-electron chi connectivity index (χ0n) is 8.79. The molecule has 0 radical (unpaired) electrons. The van der Waals surface area contributed by atoms with Gasteiger partial charge in [0.2, 0.25) is 0 Å². The fourth-order valence-corrected chi connectivity index (χ4v) is 1.77. The van der Waals surface area contributed by atoms with E-state index in [9.17, 15) is 4.79 Å². The number of pyridine rings is 1. The molecule has 0 saturated heterocycles. The Bertz CT molecular complexity index is 683. The average Bonchev–Trinajstić information content (AvgIpc) is 2.97. The molecule has 0 aromatic carbocycles. The van der Waals surface area contributed by atoms with Crippen LogP contribution in [0, 0.1) is 0 Å². The van der Waals surface area contributed by atoms with Crippen LogP contribution in [0.5, 0.6) is 0 Å². The molecule has 0 bridgehead atoms. The maximum atomic E-state index is 10.8. The van der Waals surface area contributed by atoms with Gasteiger partial charge in [0, 0.05) is 30.4 Å². The Kier molecular flexibility index (Phi) is 1.98. The molecule has 0 amide bonds. The highest BCUT2D eigenvalue weighted by atomic mass is 16.4. The van der Waals surface area contributed by atoms with Gasteiger partial charge in [0.15, 0.2) is 5.69 Å². The van der Waals surface area contributed by atoms with Crippen molar-refractivity contribution in [2.45, 2.75) is 0 Å². The lowest BCUT2D eigenvalue weighted by atomic mass is 10.1. The predicted octanol–water partition coefficient (Wildman–Crippen LogP) is 2.03. The van der Waals surface area contributed by atoms with Gasteiger partial charge >= 0.3 is 5.97 Å². The molecule has 3 aromatic rings. The number of H-pyrrole nitrogens is 1. The van der Waals surface area contributed by atoms with E-state index in [1.807, 2.05) is 30.7 Å². The number of nitrogens with zero attached hydrogens (tertiary/aromatic N) is 2. The highest BCUT2D eigenvalue weighted by Gasteiger charge is 2.08. The molecule has 3 aromatic heterocycles. The SMILES string of the molecule is O=C(O)c1cn2cc(-c3cc[nH]c3)ccc2n1. The van der Waals surface area contributed by atoms with Crippen molar-refractivity contribution in [1.82, 2.24) is 14.4 Å². The number of imidazole rings is 1. The normalized spacial score (nSPS) is 10.8. The second kappa shape index (κ2) is 3.48. The van der Waals surface area contributed by atoms with Crippen LogP contribution < -0.4 is 0 Å². The van der Waals surface area contributed by atoms with Crippen molar-refractivity contribution in [3.05, 3.63) is 48.7 Å². The molecule has 0 aliphatic heterocycles. The van der Waals surface area contributed by atoms with Gasteiger partial charge in [-0.25, -0.2) is 9.78 Å². The number of aromatic amines is 1. The standard InChI is InChI=1S/C12H9N3O2/c16-12(17)10-7-15-6-9(1-2-11(15)14-10)8-3-4-13-5-8/h1-7,13H,(H,16,17). The predicted molar refractivity (Wildman–Crippen MR) is 61.9 cm³/mol. The van der Waals surface area contributed by atoms with E-state index < -0.39 is 5.97 Å². The van der Waals surface area contributed by atoms with Crippen LogP contribution in [-0.4, -0.2) is 25.4 Å². The quantitative estimate of drug-likeness (QED) is 0.703. The molecule has 0 atom stereocenters. The molecule has 5 nitrogen and oxygen atoms in total. The summed E-state index contributed by atoms with van der Waals surface area (Å²) in [5.74, 6) is -1.02. The topological polar surface area (TPSA) is 70.4 Å². The van der Waals surface area contributed by atoms with E-state index in [2.05, 4.69) is 9.97 Å². The Hall–Kier alpha value is -2.56. The summed E-state index contributed by atoms with van der Waals surface area (Å²) >= 11 is 0. The summed E-state index contributed by atoms with van der Waals surface area (Å²) in [7, 11) is 0. The van der Waals surface area contributed by atoms with E-state index in [1.165, 1.54) is 6.20 Å². The minimum atomic E-state index is -1.02. The second-order valence-electron chi connectivity index (χ2n) is 3.71. The van der Waals surface area contributed by atoms with E-state index in [1.54, 1.807) is 10.5 Å². The van der Waals surface area contributed by atoms with Crippen molar-refractivity contribution in [2.75, 3.05) is 0 Å². The summed E-state index contributed by atoms with van der Waals surface area (Å²) in [6.45, 7) is 0. The van der Waals surface area contributed by atoms with Crippen LogP contribution in [0.15, 0.2) is 43.0 Å². The number of aromatic nitrogens is 3. The maximum Gasteiger partial charge on any atom is 0.356 e. The van der Waals surface area contributed by atoms with Crippen LogP contribution in [0.2, 0.25) is 0 Å². The highest BCUT2D eigenvalue weighted by molar-refractivity contribution is 5.86. The maximum absolute atomic E-state index is 10.8. The van der Waals surface area contributed by atoms with Crippen LogP contribution in [0.1, 0.15) is 10.5 Å². The van der Waals surface area contributed by atoms with Crippen molar-refractivity contribution in [1.29, 1.82) is 0 Å². The summed E-state index contributed by atoms with van der Waals surface area (Å²) in [6, 6.07) is 5.67. The summed E-state index contributed by atoms with van der Waals surface area (Å²) < 4.78 is 1.71. The van der Waals surface area contributed by atoms with Gasteiger partial charge in [-0.1, -0.05) is 0 Å². The smallest absolute Gasteiger partial charge is 0.356 e. The number of aromatic carboxylic acids is 1. The Morgan fingerprint density at radius 2 is 2.12 bits per heavy atom. The molecule has 3 rings (SSSR count). The van der Waals surface area contributed by atoms with Gasteiger partial charge in [-0.05, 0) is 23.8 Å². The molecule has 0 spiro atoms. The first-order chi connectivity index (χ1) is 8.24. The molecular weight excluding hydrogens is 218 g/mol. The number of hydrogen-bond acceptors (Lipinski definition) is 2. The summed E-state index contributed by atoms with van der Waals surface area (Å²) in [5, 5.41) is 8.86. The molecule has 0 unspecified atom stereocenters. The number of carboxylic acid groups (broad SMARTS) is 1. The zero-order chi connectivity index (χ0) is 11.8. The van der Waals surface area contributed by atoms with E-state index in [0.717, 1.165) is 11.1 Å². The molecule has 0 saturated carbocycles. The van der Waals surface area contributed by atoms with E-state index >= 15 is 0 Å². The van der Waals surface area contributed by atoms with Gasteiger partial charge in [0.25, 0.3) is 0 Å². The fourth-order valence-electron chi connectivity index (χ4n) is 1.77. The number of rotatable bonds is 2. The Morgan fingerprint density at radius 1 is 1.24 bits per heavy atom. The van der Waals surface area contributed by atoms with Gasteiger partial charge in [-0.2, -0.15) is 0 Å². The van der Waals surface area contributed by atoms with Crippen LogP contribution in [0.3, 0.4) is 0 Å². The van der Waals surface area contributed by atoms with Crippen LogP contribution in [0.4, 0.5) is 0 Å². The first-order valence-corrected chi connectivity index (χ1v) is 5.09. The lowest BCUT2D eigenvalue weighted by Gasteiger charge is -1.98. The third kappa shape index (κ3) is 1.57. The summed E-state index contributed by atoms with van der Waals surface area (Å²) in [5.41, 5.74) is 2.74. The third-order valence-corrected chi connectivity index (χ3v) is 2.60. The van der Waals surface area contributed by atoms with Crippen LogP contribution >= 0.6 is 0 Å². The highest BCUT2D eigenvalue weighted by Crippen LogP contribution is 2.19. The van der Waals surface area contributed by atoms with E-state index in [-0.39, 0.29) is 5.69 Å². The van der Waals surface area contributed by atoms with E-state index in [4.69, 9.17) is 5.11 Å². The number of carbonyl (C=O) groups is 1. The van der Waals surface area contributed by atoms with Gasteiger partial charge in [-0.3, -0.25) is 0 Å². The van der Waals surface area contributed by atoms with Crippen molar-refractivity contribution in [2.24, 2.45) is 0 Å². The van der Waals surface area contributed by atoms with Crippen molar-refractivity contribution in [3.63, 3.8) is 0 Å². The molecule has 2 N–H and O–H groups in total. The van der Waals surface area contributed by atoms with Crippen molar-refractivity contribution < 1.29 is 9.90 Å². The number of hydrogen-bond donors (Lipinski definition) is 2. The summed E-state index contributed by atoms with van der Waals surface area (Å²) in [6.07, 6.45) is 7.10. The van der Waals surface area contributed by atoms with Gasteiger partial charge in [-0.15, -0.1) is 0 Å². The Balaban J connectivity index is 2.16. The minimum Gasteiger partial charge on any atom is -0.476 e. The monoisotopic (exact) mass is 227 g/mol. The molecule has 84 valence electrons. The molecule has 3 heterocycles. The fraction of sp³-hybridized carbons (Fsp3) is 0. The Morgan fingerprint density at radius 3 is 2.82 bits per heavy atom. The molecule has 0 fully saturated rings.